The van der Waals surface area contributed by atoms with Crippen LogP contribution in [0.5, 0.6) is 5.75 Å². The van der Waals surface area contributed by atoms with Gasteiger partial charge in [0, 0.05) is 12.1 Å². The molecule has 1 aliphatic heterocycles. The second-order valence-electron chi connectivity index (χ2n) is 7.72. The Hall–Kier alpha value is -4.17. The maximum atomic E-state index is 13.2. The highest BCUT2D eigenvalue weighted by atomic mass is 127. The molecule has 2 N–H and O–H groups in total. The van der Waals surface area contributed by atoms with Crippen molar-refractivity contribution in [2.24, 2.45) is 0 Å². The first kappa shape index (κ1) is 25.9. The zero-order valence-electron chi connectivity index (χ0n) is 18.7. The van der Waals surface area contributed by atoms with E-state index in [9.17, 15) is 29.6 Å². The summed E-state index contributed by atoms with van der Waals surface area (Å²) < 4.78 is 6.48. The Morgan fingerprint density at radius 3 is 2.59 bits per heavy atom. The summed E-state index contributed by atoms with van der Waals surface area (Å²) in [5, 5.41) is 22.5. The molecule has 0 atom stereocenters. The first-order chi connectivity index (χ1) is 17.6. The monoisotopic (exact) mass is 629 g/mol. The van der Waals surface area contributed by atoms with Crippen molar-refractivity contribution in [1.29, 1.82) is 0 Å². The highest BCUT2D eigenvalue weighted by Gasteiger charge is 2.34. The largest absolute Gasteiger partial charge is 0.488 e. The maximum absolute atomic E-state index is 13.2. The van der Waals surface area contributed by atoms with Gasteiger partial charge in [-0.1, -0.05) is 24.3 Å². The second kappa shape index (κ2) is 10.8. The Kier molecular flexibility index (Phi) is 7.59. The molecular weight excluding hydrogens is 613 g/mol. The smallest absolute Gasteiger partial charge is 0.335 e. The Labute approximate surface area is 228 Å². The molecule has 4 rings (SSSR count). The van der Waals surface area contributed by atoms with Crippen LogP contribution in [0.2, 0.25) is 0 Å². The maximum Gasteiger partial charge on any atom is 0.335 e. The Bertz CT molecular complexity index is 1510. The molecule has 1 saturated heterocycles. The third-order valence-electron chi connectivity index (χ3n) is 5.24. The minimum atomic E-state index is -1.17. The lowest BCUT2D eigenvalue weighted by atomic mass is 10.1. The van der Waals surface area contributed by atoms with Crippen molar-refractivity contribution in [2.45, 2.75) is 6.61 Å². The number of carboxylic acids is 1. The van der Waals surface area contributed by atoms with Crippen LogP contribution in [0, 0.1) is 13.7 Å². The van der Waals surface area contributed by atoms with E-state index in [4.69, 9.17) is 17.0 Å². The Morgan fingerprint density at radius 1 is 1.14 bits per heavy atom. The fourth-order valence-electron chi connectivity index (χ4n) is 3.48. The number of aromatic carboxylic acids is 1. The number of nitrogens with zero attached hydrogens (tertiary/aromatic N) is 2. The zero-order valence-corrected chi connectivity index (χ0v) is 21.7. The number of halogens is 1. The van der Waals surface area contributed by atoms with E-state index in [-0.39, 0.29) is 34.2 Å². The fraction of sp³-hybridized carbons (Fsp3) is 0.0400. The van der Waals surface area contributed by atoms with Gasteiger partial charge in [0.25, 0.3) is 17.5 Å². The standard InChI is InChI=1S/C25H16IN3O7S/c26-20-11-14(7-8-21(20)36-13-15-3-1-6-18(9-15)29(34)35)10-19-22(30)27-25(37)28(23(19)31)17-5-2-4-16(12-17)24(32)33/h1-12H,13H2,(H,32,33)(H,27,30,37). The van der Waals surface area contributed by atoms with Crippen LogP contribution in [0.25, 0.3) is 6.08 Å². The van der Waals surface area contributed by atoms with Crippen molar-refractivity contribution in [1.82, 2.24) is 5.32 Å². The normalized spacial score (nSPS) is 14.5. The third kappa shape index (κ3) is 5.81. The average molecular weight is 629 g/mol. The van der Waals surface area contributed by atoms with E-state index in [0.717, 1.165) is 4.90 Å². The summed E-state index contributed by atoms with van der Waals surface area (Å²) >= 11 is 7.21. The van der Waals surface area contributed by atoms with Crippen molar-refractivity contribution in [3.63, 3.8) is 0 Å². The number of hydrogen-bond acceptors (Lipinski definition) is 7. The van der Waals surface area contributed by atoms with Gasteiger partial charge in [-0.3, -0.25) is 29.9 Å². The number of carboxylic acid groups (broad SMARTS) is 1. The van der Waals surface area contributed by atoms with Crippen molar-refractivity contribution in [2.75, 3.05) is 4.90 Å². The van der Waals surface area contributed by atoms with Gasteiger partial charge < -0.3 is 9.84 Å². The molecule has 37 heavy (non-hydrogen) atoms. The summed E-state index contributed by atoms with van der Waals surface area (Å²) in [4.78, 5) is 48.7. The van der Waals surface area contributed by atoms with Crippen LogP contribution in [-0.4, -0.2) is 32.9 Å². The van der Waals surface area contributed by atoms with Gasteiger partial charge >= 0.3 is 5.97 Å². The van der Waals surface area contributed by atoms with Crippen LogP contribution in [0.1, 0.15) is 21.5 Å². The molecule has 1 heterocycles. The quantitative estimate of drug-likeness (QED) is 0.0985. The van der Waals surface area contributed by atoms with Gasteiger partial charge in [-0.05, 0) is 82.3 Å². The van der Waals surface area contributed by atoms with Gasteiger partial charge in [-0.25, -0.2) is 4.79 Å². The zero-order chi connectivity index (χ0) is 26.7. The number of nitro benzene ring substituents is 1. The molecule has 12 heteroatoms. The number of non-ortho nitro benzene ring substituents is 1. The summed E-state index contributed by atoms with van der Waals surface area (Å²) in [6.07, 6.45) is 1.40. The van der Waals surface area contributed by atoms with E-state index in [1.807, 2.05) is 22.6 Å². The predicted molar refractivity (Wildman–Crippen MR) is 146 cm³/mol. The van der Waals surface area contributed by atoms with E-state index >= 15 is 0 Å². The molecule has 3 aromatic carbocycles. The SMILES string of the molecule is O=C1NC(=S)N(c2cccc(C(=O)O)c2)C(=O)C1=Cc1ccc(OCc2cccc([N+](=O)[O-])c2)c(I)c1. The number of nitro groups is 1. The lowest BCUT2D eigenvalue weighted by Crippen LogP contribution is -2.54. The number of carbonyl (C=O) groups excluding carboxylic acids is 2. The molecule has 0 aliphatic carbocycles. The minimum Gasteiger partial charge on any atom is -0.488 e. The number of anilines is 1. The first-order valence-corrected chi connectivity index (χ1v) is 12.0. The fourth-order valence-corrected chi connectivity index (χ4v) is 4.46. The van der Waals surface area contributed by atoms with Crippen molar-refractivity contribution < 1.29 is 29.2 Å². The molecular formula is C25H16IN3O7S. The summed E-state index contributed by atoms with van der Waals surface area (Å²) in [6, 6.07) is 16.8. The molecule has 0 spiro atoms. The number of benzene rings is 3. The average Bonchev–Trinajstić information content (AvgIpc) is 2.86. The van der Waals surface area contributed by atoms with Crippen LogP contribution in [0.15, 0.2) is 72.3 Å². The number of thiocarbonyl (C=S) groups is 1. The lowest BCUT2D eigenvalue weighted by Gasteiger charge is -2.29. The third-order valence-corrected chi connectivity index (χ3v) is 6.36. The van der Waals surface area contributed by atoms with Crippen LogP contribution in [-0.2, 0) is 16.2 Å². The number of nitrogens with one attached hydrogen (secondary N) is 1. The molecule has 10 nitrogen and oxygen atoms in total. The molecule has 2 amide bonds. The summed E-state index contributed by atoms with van der Waals surface area (Å²) in [5.74, 6) is -2.03. The number of hydrogen-bond donors (Lipinski definition) is 2. The van der Waals surface area contributed by atoms with Crippen molar-refractivity contribution in [3.8, 4) is 5.75 Å². The minimum absolute atomic E-state index is 0.0311. The van der Waals surface area contributed by atoms with Crippen LogP contribution >= 0.6 is 34.8 Å². The van der Waals surface area contributed by atoms with Crippen LogP contribution < -0.4 is 15.0 Å². The molecule has 186 valence electrons. The summed E-state index contributed by atoms with van der Waals surface area (Å²) in [5.41, 5.74) is 1.12. The molecule has 0 bridgehead atoms. The number of ether oxygens (including phenoxy) is 1. The molecule has 1 fully saturated rings. The summed E-state index contributed by atoms with van der Waals surface area (Å²) in [6.45, 7) is 0.112. The van der Waals surface area contributed by atoms with Crippen molar-refractivity contribution >= 4 is 75.2 Å². The van der Waals surface area contributed by atoms with Gasteiger partial charge in [0.15, 0.2) is 5.11 Å². The second-order valence-corrected chi connectivity index (χ2v) is 9.27. The highest BCUT2D eigenvalue weighted by Crippen LogP contribution is 2.27. The highest BCUT2D eigenvalue weighted by molar-refractivity contribution is 14.1. The number of amides is 2. The molecule has 0 radical (unpaired) electrons. The molecule has 1 aliphatic rings. The van der Waals surface area contributed by atoms with E-state index in [0.29, 0.717) is 20.4 Å². The van der Waals surface area contributed by atoms with E-state index in [1.165, 1.54) is 42.5 Å². The first-order valence-electron chi connectivity index (χ1n) is 10.5. The van der Waals surface area contributed by atoms with E-state index in [1.54, 1.807) is 30.3 Å². The topological polar surface area (TPSA) is 139 Å². The van der Waals surface area contributed by atoms with Gasteiger partial charge in [0.1, 0.15) is 17.9 Å². The summed E-state index contributed by atoms with van der Waals surface area (Å²) in [7, 11) is 0. The molecule has 0 unspecified atom stereocenters. The molecule has 0 aromatic heterocycles. The van der Waals surface area contributed by atoms with E-state index < -0.39 is 22.7 Å². The van der Waals surface area contributed by atoms with Gasteiger partial charge in [0.2, 0.25) is 0 Å². The Balaban J connectivity index is 1.56. The van der Waals surface area contributed by atoms with Crippen LogP contribution in [0.3, 0.4) is 0 Å². The number of rotatable bonds is 7. The predicted octanol–water partition coefficient (Wildman–Crippen LogP) is 4.31. The van der Waals surface area contributed by atoms with Gasteiger partial charge in [-0.2, -0.15) is 0 Å². The van der Waals surface area contributed by atoms with Gasteiger partial charge in [-0.15, -0.1) is 0 Å². The van der Waals surface area contributed by atoms with Crippen LogP contribution in [0.4, 0.5) is 11.4 Å². The Morgan fingerprint density at radius 2 is 1.89 bits per heavy atom. The molecule has 0 saturated carbocycles. The van der Waals surface area contributed by atoms with E-state index in [2.05, 4.69) is 5.32 Å². The van der Waals surface area contributed by atoms with Crippen molar-refractivity contribution in [3.05, 3.63) is 103 Å². The lowest BCUT2D eigenvalue weighted by molar-refractivity contribution is -0.384. The van der Waals surface area contributed by atoms with Gasteiger partial charge in [0.05, 0.1) is 19.7 Å². The number of carbonyl (C=O) groups is 3. The molecule has 3 aromatic rings.